The lowest BCUT2D eigenvalue weighted by Crippen LogP contribution is -2.16. The Kier molecular flexibility index (Phi) is 8.68. The molecule has 0 amide bonds. The zero-order chi connectivity index (χ0) is 17.2. The Morgan fingerprint density at radius 2 is 2.04 bits per heavy atom. The highest BCUT2D eigenvalue weighted by Gasteiger charge is 2.12. The van der Waals surface area contributed by atoms with Crippen molar-refractivity contribution in [2.45, 2.75) is 58.9 Å². The standard InChI is InChI=1S/C20H30BrNO2/c1-3-12-24-20-18(21)13-17(14-19(20)23-4-2)15-22-11-10-16-8-6-5-7-9-16/h8,13-14,22H,3-7,9-12,15H2,1-2H3. The molecule has 134 valence electrons. The minimum atomic E-state index is 0.639. The van der Waals surface area contributed by atoms with Gasteiger partial charge in [-0.05, 0) is 85.6 Å². The minimum absolute atomic E-state index is 0.639. The van der Waals surface area contributed by atoms with Crippen LogP contribution < -0.4 is 14.8 Å². The van der Waals surface area contributed by atoms with Crippen LogP contribution in [-0.2, 0) is 6.54 Å². The summed E-state index contributed by atoms with van der Waals surface area (Å²) in [5.74, 6) is 1.64. The van der Waals surface area contributed by atoms with E-state index in [4.69, 9.17) is 9.47 Å². The molecule has 1 aromatic carbocycles. The van der Waals surface area contributed by atoms with Crippen molar-refractivity contribution in [1.29, 1.82) is 0 Å². The van der Waals surface area contributed by atoms with E-state index in [-0.39, 0.29) is 0 Å². The molecule has 0 radical (unpaired) electrons. The maximum atomic E-state index is 5.83. The molecule has 3 nitrogen and oxygen atoms in total. The van der Waals surface area contributed by atoms with E-state index in [2.05, 4.69) is 46.4 Å². The molecule has 1 aromatic rings. The van der Waals surface area contributed by atoms with Crippen LogP contribution in [0, 0.1) is 0 Å². The Morgan fingerprint density at radius 1 is 1.17 bits per heavy atom. The number of benzene rings is 1. The predicted molar refractivity (Wildman–Crippen MR) is 104 cm³/mol. The van der Waals surface area contributed by atoms with Crippen LogP contribution in [0.2, 0.25) is 0 Å². The summed E-state index contributed by atoms with van der Waals surface area (Å²) in [6.45, 7) is 7.32. The van der Waals surface area contributed by atoms with E-state index in [1.54, 1.807) is 5.57 Å². The van der Waals surface area contributed by atoms with Crippen molar-refractivity contribution in [1.82, 2.24) is 5.32 Å². The first-order chi connectivity index (χ1) is 11.7. The molecule has 4 heteroatoms. The Bertz CT molecular complexity index is 543. The lowest BCUT2D eigenvalue weighted by molar-refractivity contribution is 0.275. The van der Waals surface area contributed by atoms with Crippen LogP contribution in [-0.4, -0.2) is 19.8 Å². The SMILES string of the molecule is CCCOc1c(Br)cc(CNCCC2=CCCCC2)cc1OCC. The van der Waals surface area contributed by atoms with Gasteiger partial charge in [0, 0.05) is 6.54 Å². The third-order valence-corrected chi connectivity index (χ3v) is 4.75. The zero-order valence-corrected chi connectivity index (χ0v) is 16.6. The van der Waals surface area contributed by atoms with Gasteiger partial charge in [-0.3, -0.25) is 0 Å². The van der Waals surface area contributed by atoms with E-state index in [1.165, 1.54) is 31.2 Å². The summed E-state index contributed by atoms with van der Waals surface area (Å²) in [6.07, 6.45) is 9.83. The van der Waals surface area contributed by atoms with Crippen molar-refractivity contribution < 1.29 is 9.47 Å². The van der Waals surface area contributed by atoms with Crippen LogP contribution in [0.25, 0.3) is 0 Å². The van der Waals surface area contributed by atoms with Crippen molar-refractivity contribution in [3.63, 3.8) is 0 Å². The molecule has 0 fully saturated rings. The van der Waals surface area contributed by atoms with Crippen LogP contribution in [0.15, 0.2) is 28.3 Å². The summed E-state index contributed by atoms with van der Waals surface area (Å²) in [6, 6.07) is 4.21. The Labute approximate surface area is 154 Å². The van der Waals surface area contributed by atoms with E-state index in [9.17, 15) is 0 Å². The van der Waals surface area contributed by atoms with Crippen LogP contribution in [0.1, 0.15) is 57.9 Å². The predicted octanol–water partition coefficient (Wildman–Crippen LogP) is 5.62. The summed E-state index contributed by atoms with van der Waals surface area (Å²) in [5, 5.41) is 3.55. The number of nitrogens with one attached hydrogen (secondary N) is 1. The van der Waals surface area contributed by atoms with Gasteiger partial charge in [-0.25, -0.2) is 0 Å². The maximum Gasteiger partial charge on any atom is 0.175 e. The van der Waals surface area contributed by atoms with Crippen molar-refractivity contribution in [2.24, 2.45) is 0 Å². The van der Waals surface area contributed by atoms with Gasteiger partial charge in [0.25, 0.3) is 0 Å². The monoisotopic (exact) mass is 395 g/mol. The highest BCUT2D eigenvalue weighted by molar-refractivity contribution is 9.10. The molecule has 1 N–H and O–H groups in total. The lowest BCUT2D eigenvalue weighted by atomic mass is 9.97. The largest absolute Gasteiger partial charge is 0.490 e. The van der Waals surface area contributed by atoms with Gasteiger partial charge in [0.05, 0.1) is 17.7 Å². The van der Waals surface area contributed by atoms with Gasteiger partial charge in [0.15, 0.2) is 11.5 Å². The van der Waals surface area contributed by atoms with Gasteiger partial charge in [-0.15, -0.1) is 0 Å². The molecule has 0 aromatic heterocycles. The van der Waals surface area contributed by atoms with Crippen molar-refractivity contribution >= 4 is 15.9 Å². The molecule has 1 aliphatic rings. The first-order valence-electron chi connectivity index (χ1n) is 9.21. The van der Waals surface area contributed by atoms with Gasteiger partial charge in [-0.1, -0.05) is 18.6 Å². The molecule has 2 rings (SSSR count). The van der Waals surface area contributed by atoms with E-state index in [0.717, 1.165) is 41.9 Å². The quantitative estimate of drug-likeness (QED) is 0.412. The van der Waals surface area contributed by atoms with Gasteiger partial charge >= 0.3 is 0 Å². The van der Waals surface area contributed by atoms with Crippen molar-refractivity contribution in [2.75, 3.05) is 19.8 Å². The second kappa shape index (κ2) is 10.8. The summed E-state index contributed by atoms with van der Waals surface area (Å²) in [5.41, 5.74) is 2.83. The summed E-state index contributed by atoms with van der Waals surface area (Å²) >= 11 is 3.63. The molecular weight excluding hydrogens is 366 g/mol. The first-order valence-corrected chi connectivity index (χ1v) is 10.0. The number of rotatable bonds is 10. The molecule has 0 unspecified atom stereocenters. The Morgan fingerprint density at radius 3 is 2.75 bits per heavy atom. The fraction of sp³-hybridized carbons (Fsp3) is 0.600. The lowest BCUT2D eigenvalue weighted by Gasteiger charge is -2.16. The van der Waals surface area contributed by atoms with Crippen molar-refractivity contribution in [3.05, 3.63) is 33.8 Å². The van der Waals surface area contributed by atoms with Crippen LogP contribution in [0.4, 0.5) is 0 Å². The van der Waals surface area contributed by atoms with Gasteiger partial charge in [0.1, 0.15) is 0 Å². The second-order valence-corrected chi connectivity index (χ2v) is 7.08. The zero-order valence-electron chi connectivity index (χ0n) is 15.0. The minimum Gasteiger partial charge on any atom is -0.490 e. The van der Waals surface area contributed by atoms with Gasteiger partial charge in [0.2, 0.25) is 0 Å². The average Bonchev–Trinajstić information content (AvgIpc) is 2.59. The fourth-order valence-electron chi connectivity index (χ4n) is 2.94. The molecule has 0 saturated carbocycles. The Balaban J connectivity index is 1.90. The first kappa shape index (κ1) is 19.3. The highest BCUT2D eigenvalue weighted by atomic mass is 79.9. The Hall–Kier alpha value is -1.00. The third kappa shape index (κ3) is 6.14. The maximum absolute atomic E-state index is 5.83. The number of ether oxygens (including phenoxy) is 2. The molecule has 24 heavy (non-hydrogen) atoms. The third-order valence-electron chi connectivity index (χ3n) is 4.16. The summed E-state index contributed by atoms with van der Waals surface area (Å²) in [4.78, 5) is 0. The van der Waals surface area contributed by atoms with Crippen LogP contribution in [0.3, 0.4) is 0 Å². The van der Waals surface area contributed by atoms with Crippen molar-refractivity contribution in [3.8, 4) is 11.5 Å². The smallest absolute Gasteiger partial charge is 0.175 e. The number of hydrogen-bond acceptors (Lipinski definition) is 3. The molecule has 0 bridgehead atoms. The van der Waals surface area contributed by atoms with Crippen LogP contribution in [0.5, 0.6) is 11.5 Å². The summed E-state index contributed by atoms with van der Waals surface area (Å²) < 4.78 is 12.6. The average molecular weight is 396 g/mol. The molecule has 0 saturated heterocycles. The van der Waals surface area contributed by atoms with Gasteiger partial charge in [-0.2, -0.15) is 0 Å². The van der Waals surface area contributed by atoms with Crippen LogP contribution >= 0.6 is 15.9 Å². The molecule has 0 heterocycles. The number of hydrogen-bond donors (Lipinski definition) is 1. The molecule has 0 aliphatic heterocycles. The number of halogens is 1. The molecule has 1 aliphatic carbocycles. The van der Waals surface area contributed by atoms with E-state index in [1.807, 2.05) is 6.92 Å². The fourth-order valence-corrected chi connectivity index (χ4v) is 3.55. The van der Waals surface area contributed by atoms with Gasteiger partial charge < -0.3 is 14.8 Å². The summed E-state index contributed by atoms with van der Waals surface area (Å²) in [7, 11) is 0. The highest BCUT2D eigenvalue weighted by Crippen LogP contribution is 2.37. The second-order valence-electron chi connectivity index (χ2n) is 6.22. The normalized spacial score (nSPS) is 14.4. The molecule has 0 spiro atoms. The topological polar surface area (TPSA) is 30.5 Å². The molecular formula is C20H30BrNO2. The van der Waals surface area contributed by atoms with E-state index in [0.29, 0.717) is 13.2 Å². The van der Waals surface area contributed by atoms with E-state index < -0.39 is 0 Å². The molecule has 0 atom stereocenters. The van der Waals surface area contributed by atoms with E-state index >= 15 is 0 Å². The number of allylic oxidation sites excluding steroid dienone is 1.